The minimum absolute atomic E-state index is 0.0781. The van der Waals surface area contributed by atoms with Crippen molar-refractivity contribution in [2.24, 2.45) is 0 Å². The van der Waals surface area contributed by atoms with Crippen molar-refractivity contribution in [1.82, 2.24) is 4.90 Å². The van der Waals surface area contributed by atoms with E-state index in [9.17, 15) is 9.50 Å². The van der Waals surface area contributed by atoms with Crippen LogP contribution in [0.2, 0.25) is 0 Å². The van der Waals surface area contributed by atoms with Gasteiger partial charge in [-0.25, -0.2) is 4.39 Å². The number of likely N-dealkylation sites (N-methyl/N-ethyl adjacent to an activating group) is 1. The van der Waals surface area contributed by atoms with Gasteiger partial charge in [0.1, 0.15) is 12.7 Å². The molecule has 0 radical (unpaired) electrons. The van der Waals surface area contributed by atoms with Crippen LogP contribution in [0.4, 0.5) is 4.39 Å². The SMILES string of the molecule is Cc1ccsc1CN(C)CC(O)COc1ccccc1F. The van der Waals surface area contributed by atoms with Crippen LogP contribution in [-0.4, -0.2) is 36.3 Å². The van der Waals surface area contributed by atoms with Crippen molar-refractivity contribution in [1.29, 1.82) is 0 Å². The molecule has 0 aliphatic carbocycles. The van der Waals surface area contributed by atoms with Crippen LogP contribution in [0, 0.1) is 12.7 Å². The molecule has 2 rings (SSSR count). The van der Waals surface area contributed by atoms with Gasteiger partial charge in [0.2, 0.25) is 0 Å². The van der Waals surface area contributed by atoms with E-state index in [1.807, 2.05) is 11.9 Å². The number of hydrogen-bond acceptors (Lipinski definition) is 4. The van der Waals surface area contributed by atoms with E-state index in [4.69, 9.17) is 4.74 Å². The van der Waals surface area contributed by atoms with Gasteiger partial charge in [-0.15, -0.1) is 11.3 Å². The number of aliphatic hydroxyl groups is 1. The summed E-state index contributed by atoms with van der Waals surface area (Å²) in [7, 11) is 1.95. The van der Waals surface area contributed by atoms with Gasteiger partial charge in [-0.05, 0) is 43.1 Å². The first-order chi connectivity index (χ1) is 10.1. The molecule has 0 bridgehead atoms. The summed E-state index contributed by atoms with van der Waals surface area (Å²) in [5.41, 5.74) is 1.27. The van der Waals surface area contributed by atoms with Gasteiger partial charge < -0.3 is 9.84 Å². The van der Waals surface area contributed by atoms with Crippen LogP contribution in [0.3, 0.4) is 0 Å². The summed E-state index contributed by atoms with van der Waals surface area (Å²) in [4.78, 5) is 3.33. The van der Waals surface area contributed by atoms with E-state index in [1.54, 1.807) is 29.5 Å². The highest BCUT2D eigenvalue weighted by Crippen LogP contribution is 2.18. The molecular weight excluding hydrogens is 289 g/mol. The standard InChI is InChI=1S/C16H20FNO2S/c1-12-7-8-21-16(12)10-18(2)9-13(19)11-20-15-6-4-3-5-14(15)17/h3-8,13,19H,9-11H2,1-2H3. The lowest BCUT2D eigenvalue weighted by Gasteiger charge is -2.20. The van der Waals surface area contributed by atoms with Crippen molar-refractivity contribution in [3.8, 4) is 5.75 Å². The van der Waals surface area contributed by atoms with Crippen molar-refractivity contribution in [3.63, 3.8) is 0 Å². The lowest BCUT2D eigenvalue weighted by atomic mass is 10.2. The average Bonchev–Trinajstić information content (AvgIpc) is 2.83. The fourth-order valence-electron chi connectivity index (χ4n) is 2.04. The van der Waals surface area contributed by atoms with Gasteiger partial charge in [0, 0.05) is 18.0 Å². The second-order valence-electron chi connectivity index (χ2n) is 5.12. The van der Waals surface area contributed by atoms with Gasteiger partial charge in [0.25, 0.3) is 0 Å². The molecule has 0 spiro atoms. The minimum atomic E-state index is -0.658. The maximum Gasteiger partial charge on any atom is 0.165 e. The third-order valence-electron chi connectivity index (χ3n) is 3.17. The summed E-state index contributed by atoms with van der Waals surface area (Å²) < 4.78 is 18.7. The molecular formula is C16H20FNO2S. The molecule has 0 fully saturated rings. The zero-order valence-corrected chi connectivity index (χ0v) is 13.1. The molecule has 1 aromatic carbocycles. The molecule has 1 unspecified atom stereocenters. The van der Waals surface area contributed by atoms with Gasteiger partial charge in [0.15, 0.2) is 11.6 Å². The average molecular weight is 309 g/mol. The zero-order valence-electron chi connectivity index (χ0n) is 12.3. The fourth-order valence-corrected chi connectivity index (χ4v) is 3.02. The number of benzene rings is 1. The highest BCUT2D eigenvalue weighted by atomic mass is 32.1. The summed E-state index contributed by atoms with van der Waals surface area (Å²) in [5.74, 6) is -0.236. The van der Waals surface area contributed by atoms with Crippen LogP contribution >= 0.6 is 11.3 Å². The summed E-state index contributed by atoms with van der Waals surface area (Å²) in [5, 5.41) is 12.0. The van der Waals surface area contributed by atoms with E-state index in [1.165, 1.54) is 16.5 Å². The van der Waals surface area contributed by atoms with E-state index in [2.05, 4.69) is 18.4 Å². The molecule has 0 amide bonds. The molecule has 2 aromatic rings. The van der Waals surface area contributed by atoms with Crippen LogP contribution < -0.4 is 4.74 Å². The monoisotopic (exact) mass is 309 g/mol. The Morgan fingerprint density at radius 2 is 2.10 bits per heavy atom. The number of ether oxygens (including phenoxy) is 1. The third kappa shape index (κ3) is 4.81. The maximum absolute atomic E-state index is 13.4. The van der Waals surface area contributed by atoms with Crippen molar-refractivity contribution in [3.05, 3.63) is 52.0 Å². The van der Waals surface area contributed by atoms with Gasteiger partial charge >= 0.3 is 0 Å². The van der Waals surface area contributed by atoms with Gasteiger partial charge in [0.05, 0.1) is 0 Å². The Labute approximate surface area is 128 Å². The maximum atomic E-state index is 13.4. The summed E-state index contributed by atoms with van der Waals surface area (Å²) in [6.45, 7) is 3.43. The first kappa shape index (κ1) is 15.9. The molecule has 1 heterocycles. The zero-order chi connectivity index (χ0) is 15.2. The van der Waals surface area contributed by atoms with E-state index in [0.717, 1.165) is 6.54 Å². The Kier molecular flexibility index (Phi) is 5.73. The predicted octanol–water partition coefficient (Wildman–Crippen LogP) is 3.07. The van der Waals surface area contributed by atoms with Crippen LogP contribution in [0.15, 0.2) is 35.7 Å². The number of nitrogens with zero attached hydrogens (tertiary/aromatic N) is 1. The Morgan fingerprint density at radius 1 is 1.33 bits per heavy atom. The molecule has 3 nitrogen and oxygen atoms in total. The van der Waals surface area contributed by atoms with E-state index >= 15 is 0 Å². The Hall–Kier alpha value is -1.43. The molecule has 0 saturated heterocycles. The molecule has 1 N–H and O–H groups in total. The predicted molar refractivity (Wildman–Crippen MR) is 83.3 cm³/mol. The Bertz CT molecular complexity index is 573. The summed E-state index contributed by atoms with van der Waals surface area (Å²) in [6.07, 6.45) is -0.658. The van der Waals surface area contributed by atoms with E-state index in [-0.39, 0.29) is 12.4 Å². The van der Waals surface area contributed by atoms with Crippen LogP contribution in [0.1, 0.15) is 10.4 Å². The normalized spacial score (nSPS) is 12.6. The van der Waals surface area contributed by atoms with E-state index in [0.29, 0.717) is 6.54 Å². The largest absolute Gasteiger partial charge is 0.488 e. The van der Waals surface area contributed by atoms with Crippen LogP contribution in [-0.2, 0) is 6.54 Å². The quantitative estimate of drug-likeness (QED) is 0.853. The highest BCUT2D eigenvalue weighted by Gasteiger charge is 2.12. The fraction of sp³-hybridized carbons (Fsp3) is 0.375. The number of para-hydroxylation sites is 1. The lowest BCUT2D eigenvalue weighted by Crippen LogP contribution is -2.32. The number of thiophene rings is 1. The Morgan fingerprint density at radius 3 is 2.76 bits per heavy atom. The van der Waals surface area contributed by atoms with Gasteiger partial charge in [-0.3, -0.25) is 4.90 Å². The summed E-state index contributed by atoms with van der Waals surface area (Å²) >= 11 is 1.71. The molecule has 114 valence electrons. The number of aryl methyl sites for hydroxylation is 1. The number of hydrogen-bond donors (Lipinski definition) is 1. The van der Waals surface area contributed by atoms with Crippen molar-refractivity contribution < 1.29 is 14.2 Å². The second kappa shape index (κ2) is 7.54. The van der Waals surface area contributed by atoms with Gasteiger partial charge in [-0.2, -0.15) is 0 Å². The number of aliphatic hydroxyl groups excluding tert-OH is 1. The number of halogens is 1. The third-order valence-corrected chi connectivity index (χ3v) is 4.18. The first-order valence-electron chi connectivity index (χ1n) is 6.83. The molecule has 1 aromatic heterocycles. The van der Waals surface area contributed by atoms with Gasteiger partial charge in [-0.1, -0.05) is 12.1 Å². The second-order valence-corrected chi connectivity index (χ2v) is 6.12. The molecule has 0 aliphatic heterocycles. The lowest BCUT2D eigenvalue weighted by molar-refractivity contribution is 0.0731. The molecule has 21 heavy (non-hydrogen) atoms. The smallest absolute Gasteiger partial charge is 0.165 e. The first-order valence-corrected chi connectivity index (χ1v) is 7.71. The minimum Gasteiger partial charge on any atom is -0.488 e. The van der Waals surface area contributed by atoms with Crippen molar-refractivity contribution >= 4 is 11.3 Å². The molecule has 5 heteroatoms. The summed E-state index contributed by atoms with van der Waals surface area (Å²) in [6, 6.07) is 8.30. The molecule has 0 saturated carbocycles. The highest BCUT2D eigenvalue weighted by molar-refractivity contribution is 7.10. The van der Waals surface area contributed by atoms with Crippen molar-refractivity contribution in [2.45, 2.75) is 19.6 Å². The van der Waals surface area contributed by atoms with Crippen LogP contribution in [0.5, 0.6) is 5.75 Å². The van der Waals surface area contributed by atoms with Crippen molar-refractivity contribution in [2.75, 3.05) is 20.2 Å². The topological polar surface area (TPSA) is 32.7 Å². The molecule has 1 atom stereocenters. The van der Waals surface area contributed by atoms with Crippen LogP contribution in [0.25, 0.3) is 0 Å². The number of rotatable bonds is 7. The Balaban J connectivity index is 1.78. The van der Waals surface area contributed by atoms with E-state index < -0.39 is 11.9 Å². The molecule has 0 aliphatic rings.